The first-order valence-electron chi connectivity index (χ1n) is 5.90. The standard InChI is InChI=1S/C13H24N2O/c1-11(2)9-15(8-6-7-14)10-12(16)13(3,4)5/h11H,6,8-10H2,1-5H3. The van der Waals surface area contributed by atoms with Crippen LogP contribution in [0.3, 0.4) is 0 Å². The molecule has 0 aliphatic rings. The second-order valence-corrected chi connectivity index (χ2v) is 5.71. The molecule has 0 unspecified atom stereocenters. The van der Waals surface area contributed by atoms with E-state index < -0.39 is 0 Å². The molecule has 0 aromatic heterocycles. The minimum atomic E-state index is -0.290. The van der Waals surface area contributed by atoms with Gasteiger partial charge in [-0.05, 0) is 5.92 Å². The van der Waals surface area contributed by atoms with Gasteiger partial charge in [0.15, 0.2) is 5.78 Å². The van der Waals surface area contributed by atoms with Crippen LogP contribution in [0.4, 0.5) is 0 Å². The van der Waals surface area contributed by atoms with Gasteiger partial charge in [-0.2, -0.15) is 5.26 Å². The number of rotatable bonds is 6. The predicted octanol–water partition coefficient (Wildman–Crippen LogP) is 2.47. The number of nitrogens with zero attached hydrogens (tertiary/aromatic N) is 2. The largest absolute Gasteiger partial charge is 0.298 e. The molecule has 0 amide bonds. The Balaban J connectivity index is 4.31. The molecule has 0 atom stereocenters. The molecular formula is C13H24N2O. The fraction of sp³-hybridized carbons (Fsp3) is 0.846. The molecule has 0 aromatic carbocycles. The molecule has 0 fully saturated rings. The van der Waals surface area contributed by atoms with Crippen LogP contribution in [0.25, 0.3) is 0 Å². The average molecular weight is 224 g/mol. The van der Waals surface area contributed by atoms with Crippen LogP contribution in [0.1, 0.15) is 41.0 Å². The molecular weight excluding hydrogens is 200 g/mol. The summed E-state index contributed by atoms with van der Waals surface area (Å²) in [7, 11) is 0. The zero-order chi connectivity index (χ0) is 12.8. The lowest BCUT2D eigenvalue weighted by atomic mass is 9.90. The van der Waals surface area contributed by atoms with Crippen molar-refractivity contribution in [3.63, 3.8) is 0 Å². The number of ketones is 1. The first-order valence-corrected chi connectivity index (χ1v) is 5.90. The molecule has 0 aliphatic carbocycles. The lowest BCUT2D eigenvalue weighted by molar-refractivity contribution is -0.127. The van der Waals surface area contributed by atoms with Gasteiger partial charge in [-0.25, -0.2) is 0 Å². The van der Waals surface area contributed by atoms with Crippen molar-refractivity contribution in [3.05, 3.63) is 0 Å². The van der Waals surface area contributed by atoms with Crippen molar-refractivity contribution in [1.82, 2.24) is 4.90 Å². The SMILES string of the molecule is CC(C)CN(CCC#N)CC(=O)C(C)(C)C. The van der Waals surface area contributed by atoms with Crippen LogP contribution in [0.5, 0.6) is 0 Å². The van der Waals surface area contributed by atoms with E-state index in [-0.39, 0.29) is 11.2 Å². The maximum absolute atomic E-state index is 11.9. The van der Waals surface area contributed by atoms with Crippen molar-refractivity contribution in [1.29, 1.82) is 5.26 Å². The highest BCUT2D eigenvalue weighted by atomic mass is 16.1. The lowest BCUT2D eigenvalue weighted by Crippen LogP contribution is -2.38. The van der Waals surface area contributed by atoms with Crippen LogP contribution < -0.4 is 0 Å². The Bertz CT molecular complexity index is 258. The van der Waals surface area contributed by atoms with Gasteiger partial charge >= 0.3 is 0 Å². The normalized spacial score (nSPS) is 11.9. The number of carbonyl (C=O) groups is 1. The van der Waals surface area contributed by atoms with E-state index in [9.17, 15) is 4.79 Å². The molecule has 0 N–H and O–H groups in total. The van der Waals surface area contributed by atoms with Crippen molar-refractivity contribution in [2.45, 2.75) is 41.0 Å². The first kappa shape index (κ1) is 15.1. The number of nitriles is 1. The highest BCUT2D eigenvalue weighted by molar-refractivity contribution is 5.85. The van der Waals surface area contributed by atoms with Crippen molar-refractivity contribution in [3.8, 4) is 6.07 Å². The Morgan fingerprint density at radius 3 is 2.31 bits per heavy atom. The third-order valence-electron chi connectivity index (χ3n) is 2.37. The van der Waals surface area contributed by atoms with Crippen LogP contribution in [0.2, 0.25) is 0 Å². The quantitative estimate of drug-likeness (QED) is 0.696. The maximum atomic E-state index is 11.9. The molecule has 0 radical (unpaired) electrons. The Morgan fingerprint density at radius 2 is 1.94 bits per heavy atom. The summed E-state index contributed by atoms with van der Waals surface area (Å²) >= 11 is 0. The van der Waals surface area contributed by atoms with E-state index in [0.29, 0.717) is 25.4 Å². The Morgan fingerprint density at radius 1 is 1.38 bits per heavy atom. The maximum Gasteiger partial charge on any atom is 0.152 e. The Hall–Kier alpha value is -0.880. The molecule has 16 heavy (non-hydrogen) atoms. The van der Waals surface area contributed by atoms with Crippen LogP contribution >= 0.6 is 0 Å². The molecule has 92 valence electrons. The zero-order valence-corrected chi connectivity index (χ0v) is 11.2. The van der Waals surface area contributed by atoms with Crippen LogP contribution in [-0.2, 0) is 4.79 Å². The Kier molecular flexibility index (Phi) is 6.28. The second kappa shape index (κ2) is 6.65. The smallest absolute Gasteiger partial charge is 0.152 e. The molecule has 0 heterocycles. The van der Waals surface area contributed by atoms with Crippen LogP contribution in [-0.4, -0.2) is 30.3 Å². The van der Waals surface area contributed by atoms with E-state index in [1.54, 1.807) is 0 Å². The van der Waals surface area contributed by atoms with Crippen LogP contribution in [0.15, 0.2) is 0 Å². The summed E-state index contributed by atoms with van der Waals surface area (Å²) in [6.07, 6.45) is 0.490. The highest BCUT2D eigenvalue weighted by Gasteiger charge is 2.23. The summed E-state index contributed by atoms with van der Waals surface area (Å²) in [6, 6.07) is 2.13. The van der Waals surface area contributed by atoms with Crippen molar-refractivity contribution in [2.75, 3.05) is 19.6 Å². The number of hydrogen-bond donors (Lipinski definition) is 0. The molecule has 3 nitrogen and oxygen atoms in total. The van der Waals surface area contributed by atoms with Gasteiger partial charge < -0.3 is 0 Å². The molecule has 0 bridgehead atoms. The first-order chi connectivity index (χ1) is 7.27. The van der Waals surface area contributed by atoms with Gasteiger partial charge in [-0.1, -0.05) is 34.6 Å². The summed E-state index contributed by atoms with van der Waals surface area (Å²) in [6.45, 7) is 12.1. The number of hydrogen-bond acceptors (Lipinski definition) is 3. The summed E-state index contributed by atoms with van der Waals surface area (Å²) in [5.74, 6) is 0.762. The minimum Gasteiger partial charge on any atom is -0.298 e. The van der Waals surface area contributed by atoms with Gasteiger partial charge in [0.25, 0.3) is 0 Å². The molecule has 0 aliphatic heterocycles. The highest BCUT2D eigenvalue weighted by Crippen LogP contribution is 2.15. The topological polar surface area (TPSA) is 44.1 Å². The Labute approximate surface area is 99.4 Å². The van der Waals surface area contributed by atoms with Crippen LogP contribution in [0, 0.1) is 22.7 Å². The van der Waals surface area contributed by atoms with Gasteiger partial charge in [-0.3, -0.25) is 9.69 Å². The van der Waals surface area contributed by atoms with Crippen molar-refractivity contribution in [2.24, 2.45) is 11.3 Å². The van der Waals surface area contributed by atoms with Gasteiger partial charge in [0.2, 0.25) is 0 Å². The third kappa shape index (κ3) is 6.58. The summed E-state index contributed by atoms with van der Waals surface area (Å²) in [5.41, 5.74) is -0.290. The van der Waals surface area contributed by atoms with E-state index in [4.69, 9.17) is 5.26 Å². The number of Topliss-reactive ketones (excluding diaryl/α,β-unsaturated/α-hetero) is 1. The monoisotopic (exact) mass is 224 g/mol. The molecule has 0 saturated carbocycles. The van der Waals surface area contributed by atoms with E-state index >= 15 is 0 Å². The molecule has 0 saturated heterocycles. The molecule has 3 heteroatoms. The minimum absolute atomic E-state index is 0.242. The third-order valence-corrected chi connectivity index (χ3v) is 2.37. The molecule has 0 rings (SSSR count). The fourth-order valence-corrected chi connectivity index (χ4v) is 1.40. The summed E-state index contributed by atoms with van der Waals surface area (Å²) < 4.78 is 0. The molecule has 0 aromatic rings. The summed E-state index contributed by atoms with van der Waals surface area (Å²) in [5, 5.41) is 8.58. The van der Waals surface area contributed by atoms with Gasteiger partial charge in [0.1, 0.15) is 0 Å². The second-order valence-electron chi connectivity index (χ2n) is 5.71. The number of carbonyl (C=O) groups excluding carboxylic acids is 1. The van der Waals surface area contributed by atoms with Gasteiger partial charge in [0, 0.05) is 24.9 Å². The lowest BCUT2D eigenvalue weighted by Gasteiger charge is -2.26. The van der Waals surface area contributed by atoms with E-state index in [1.165, 1.54) is 0 Å². The van der Waals surface area contributed by atoms with Crippen molar-refractivity contribution >= 4 is 5.78 Å². The summed E-state index contributed by atoms with van der Waals surface area (Å²) in [4.78, 5) is 14.0. The van der Waals surface area contributed by atoms with E-state index in [2.05, 4.69) is 24.8 Å². The van der Waals surface area contributed by atoms with Gasteiger partial charge in [-0.15, -0.1) is 0 Å². The zero-order valence-electron chi connectivity index (χ0n) is 11.2. The van der Waals surface area contributed by atoms with E-state index in [1.807, 2.05) is 20.8 Å². The van der Waals surface area contributed by atoms with E-state index in [0.717, 1.165) is 6.54 Å². The molecule has 0 spiro atoms. The fourth-order valence-electron chi connectivity index (χ4n) is 1.40. The average Bonchev–Trinajstić information content (AvgIpc) is 2.11. The van der Waals surface area contributed by atoms with Gasteiger partial charge in [0.05, 0.1) is 12.6 Å². The predicted molar refractivity (Wildman–Crippen MR) is 66.0 cm³/mol. The van der Waals surface area contributed by atoms with Crippen molar-refractivity contribution < 1.29 is 4.79 Å².